The second kappa shape index (κ2) is 10.7. The molecule has 3 aliphatic heterocycles. The number of carbonyl (C=O) groups excluding carboxylic acids is 2. The van der Waals surface area contributed by atoms with Crippen LogP contribution in [0.5, 0.6) is 0 Å². The van der Waals surface area contributed by atoms with E-state index in [0.717, 1.165) is 36.5 Å². The average Bonchev–Trinajstić information content (AvgIpc) is 2.85. The second-order valence-corrected chi connectivity index (χ2v) is 12.0. The molecule has 12 heteroatoms. The number of carbonyl (C=O) groups is 2. The number of halogens is 5. The lowest BCUT2D eigenvalue weighted by Gasteiger charge is -2.48. The summed E-state index contributed by atoms with van der Waals surface area (Å²) in [7, 11) is 0. The Morgan fingerprint density at radius 3 is 2.28 bits per heavy atom. The molecule has 2 aromatic rings. The molecule has 0 saturated carbocycles. The number of piperidine rings is 1. The lowest BCUT2D eigenvalue weighted by Crippen LogP contribution is -2.61. The fourth-order valence-electron chi connectivity index (χ4n) is 5.47. The van der Waals surface area contributed by atoms with E-state index in [1.54, 1.807) is 35.2 Å². The molecule has 3 saturated heterocycles. The van der Waals surface area contributed by atoms with Crippen molar-refractivity contribution in [3.8, 4) is 0 Å². The topological polar surface area (TPSA) is 76.1 Å². The number of hydrogen-bond donors (Lipinski definition) is 2. The molecule has 0 radical (unpaired) electrons. The summed E-state index contributed by atoms with van der Waals surface area (Å²) in [5.74, 6) is -3.71. The van der Waals surface area contributed by atoms with Gasteiger partial charge in [-0.05, 0) is 56.2 Å². The maximum atomic E-state index is 13.2. The van der Waals surface area contributed by atoms with Crippen LogP contribution in [0.1, 0.15) is 35.7 Å². The number of nitrogens with one attached hydrogen (secondary N) is 1. The fraction of sp³-hybridized carbons (Fsp3) is 0.481. The van der Waals surface area contributed by atoms with Crippen molar-refractivity contribution in [3.63, 3.8) is 0 Å². The smallest absolute Gasteiger partial charge is 0.282 e. The predicted octanol–water partition coefficient (Wildman–Crippen LogP) is 4.73. The van der Waals surface area contributed by atoms with E-state index in [1.807, 2.05) is 0 Å². The Labute approximate surface area is 240 Å². The maximum absolute atomic E-state index is 13.2. The van der Waals surface area contributed by atoms with Gasteiger partial charge in [-0.3, -0.25) is 14.5 Å². The molecule has 39 heavy (non-hydrogen) atoms. The van der Waals surface area contributed by atoms with E-state index in [-0.39, 0.29) is 21.7 Å². The third-order valence-electron chi connectivity index (χ3n) is 7.75. The van der Waals surface area contributed by atoms with Crippen LogP contribution in [0.2, 0.25) is 15.1 Å². The van der Waals surface area contributed by atoms with Gasteiger partial charge in [0.05, 0.1) is 29.7 Å². The molecule has 3 aliphatic rings. The van der Waals surface area contributed by atoms with Crippen LogP contribution in [0.4, 0.5) is 14.5 Å². The summed E-state index contributed by atoms with van der Waals surface area (Å²) in [5, 5.41) is 15.4. The zero-order valence-corrected chi connectivity index (χ0v) is 23.5. The Hall–Kier alpha value is -2.17. The number of alkyl halides is 2. The molecule has 2 amide bonds. The quantitative estimate of drug-likeness (QED) is 0.501. The van der Waals surface area contributed by atoms with Crippen LogP contribution in [-0.2, 0) is 10.4 Å². The summed E-state index contributed by atoms with van der Waals surface area (Å²) < 4.78 is 26.2. The summed E-state index contributed by atoms with van der Waals surface area (Å²) in [6.07, 6.45) is 1.58. The van der Waals surface area contributed by atoms with Gasteiger partial charge in [0.1, 0.15) is 0 Å². The first-order valence-corrected chi connectivity index (χ1v) is 13.9. The van der Waals surface area contributed by atoms with Crippen molar-refractivity contribution in [2.24, 2.45) is 0 Å². The zero-order chi connectivity index (χ0) is 28.1. The van der Waals surface area contributed by atoms with Crippen molar-refractivity contribution in [3.05, 3.63) is 62.6 Å². The zero-order valence-electron chi connectivity index (χ0n) is 21.3. The lowest BCUT2D eigenvalue weighted by atomic mass is 9.92. The molecule has 0 bridgehead atoms. The Kier molecular flexibility index (Phi) is 7.76. The summed E-state index contributed by atoms with van der Waals surface area (Å²) in [6.45, 7) is 2.97. The van der Waals surface area contributed by atoms with Crippen LogP contribution in [0, 0.1) is 0 Å². The molecular weight excluding hydrogens is 573 g/mol. The maximum Gasteiger partial charge on any atom is 0.282 e. The van der Waals surface area contributed by atoms with Crippen molar-refractivity contribution in [2.45, 2.75) is 43.4 Å². The van der Waals surface area contributed by atoms with Crippen LogP contribution in [0.3, 0.4) is 0 Å². The fourth-order valence-corrected chi connectivity index (χ4v) is 6.21. The molecule has 210 valence electrons. The molecule has 7 nitrogen and oxygen atoms in total. The Morgan fingerprint density at radius 2 is 1.67 bits per heavy atom. The third kappa shape index (κ3) is 5.84. The molecule has 5 rings (SSSR count). The van der Waals surface area contributed by atoms with Crippen LogP contribution in [0.15, 0.2) is 36.4 Å². The van der Waals surface area contributed by atoms with Gasteiger partial charge in [-0.2, -0.15) is 0 Å². The molecule has 0 aliphatic carbocycles. The van der Waals surface area contributed by atoms with Crippen LogP contribution in [0.25, 0.3) is 0 Å². The van der Waals surface area contributed by atoms with Gasteiger partial charge in [0.25, 0.3) is 17.7 Å². The number of rotatable bonds is 6. The Bertz CT molecular complexity index is 1270. The van der Waals surface area contributed by atoms with E-state index in [0.29, 0.717) is 29.7 Å². The second-order valence-electron chi connectivity index (χ2n) is 10.7. The van der Waals surface area contributed by atoms with Crippen molar-refractivity contribution >= 4 is 52.3 Å². The number of likely N-dealkylation sites (tertiary alicyclic amines) is 3. The molecule has 0 spiro atoms. The van der Waals surface area contributed by atoms with E-state index in [1.165, 1.54) is 13.0 Å². The Balaban J connectivity index is 1.09. The van der Waals surface area contributed by atoms with Gasteiger partial charge >= 0.3 is 0 Å². The highest BCUT2D eigenvalue weighted by molar-refractivity contribution is 6.34. The molecular formula is C27H29Cl3F2N4O3. The first kappa shape index (κ1) is 28.4. The minimum atomic E-state index is -2.82. The van der Waals surface area contributed by atoms with Crippen LogP contribution in [-0.4, -0.2) is 88.9 Å². The van der Waals surface area contributed by atoms with Gasteiger partial charge in [-0.25, -0.2) is 8.78 Å². The average molecular weight is 602 g/mol. The number of aliphatic hydroxyl groups is 1. The summed E-state index contributed by atoms with van der Waals surface area (Å²) in [6, 6.07) is 10.2. The highest BCUT2D eigenvalue weighted by Crippen LogP contribution is 2.34. The minimum Gasteiger partial charge on any atom is -0.380 e. The predicted molar refractivity (Wildman–Crippen MR) is 147 cm³/mol. The monoisotopic (exact) mass is 600 g/mol. The van der Waals surface area contributed by atoms with Crippen molar-refractivity contribution in [1.29, 1.82) is 0 Å². The van der Waals surface area contributed by atoms with Gasteiger partial charge in [-0.15, -0.1) is 0 Å². The van der Waals surface area contributed by atoms with Gasteiger partial charge in [0.15, 0.2) is 5.60 Å². The number of nitrogens with zero attached hydrogens (tertiary/aromatic N) is 3. The standard InChI is InChI=1S/C27H29Cl3F2N4O3/c1-26(39,21-10-16(28)2-5-22(21)29)25(38)34-8-6-19(7-9-34)35-12-18(13-35)33-17-3-4-20(23(30)11-17)24(37)36-14-27(31,32)15-36/h2-5,10-11,18-19,33,39H,6-9,12-15H2,1H3/t26-/m0/s1. The van der Waals surface area contributed by atoms with Crippen molar-refractivity contribution in [1.82, 2.24) is 14.7 Å². The van der Waals surface area contributed by atoms with Crippen LogP contribution >= 0.6 is 34.8 Å². The van der Waals surface area contributed by atoms with Crippen molar-refractivity contribution in [2.75, 3.05) is 44.6 Å². The molecule has 1 atom stereocenters. The van der Waals surface area contributed by atoms with Gasteiger partial charge < -0.3 is 20.2 Å². The molecule has 0 unspecified atom stereocenters. The van der Waals surface area contributed by atoms with E-state index < -0.39 is 36.4 Å². The number of amides is 2. The first-order valence-electron chi connectivity index (χ1n) is 12.8. The summed E-state index contributed by atoms with van der Waals surface area (Å²) in [4.78, 5) is 30.7. The van der Waals surface area contributed by atoms with Crippen molar-refractivity contribution < 1.29 is 23.5 Å². The summed E-state index contributed by atoms with van der Waals surface area (Å²) >= 11 is 18.6. The van der Waals surface area contributed by atoms with E-state index in [9.17, 15) is 23.5 Å². The van der Waals surface area contributed by atoms with Crippen LogP contribution < -0.4 is 5.32 Å². The highest BCUT2D eigenvalue weighted by atomic mass is 35.5. The third-order valence-corrected chi connectivity index (χ3v) is 8.63. The largest absolute Gasteiger partial charge is 0.380 e. The summed E-state index contributed by atoms with van der Waals surface area (Å²) in [5.41, 5.74) is -0.508. The SMILES string of the molecule is C[C@@](O)(C(=O)N1CCC(N2CC(Nc3ccc(C(=O)N4CC(F)(F)C4)c(Cl)c3)C2)CC1)c1cc(Cl)ccc1Cl. The molecule has 2 N–H and O–H groups in total. The Morgan fingerprint density at radius 1 is 1.00 bits per heavy atom. The van der Waals surface area contributed by atoms with E-state index >= 15 is 0 Å². The number of hydrogen-bond acceptors (Lipinski definition) is 5. The van der Waals surface area contributed by atoms with Gasteiger partial charge in [0.2, 0.25) is 0 Å². The minimum absolute atomic E-state index is 0.196. The molecule has 3 heterocycles. The first-order chi connectivity index (χ1) is 18.3. The lowest BCUT2D eigenvalue weighted by molar-refractivity contribution is -0.152. The van der Waals surface area contributed by atoms with Gasteiger partial charge in [-0.1, -0.05) is 34.8 Å². The highest BCUT2D eigenvalue weighted by Gasteiger charge is 2.47. The normalized spacial score (nSPS) is 21.6. The number of anilines is 1. The van der Waals surface area contributed by atoms with E-state index in [2.05, 4.69) is 10.2 Å². The number of benzene rings is 2. The molecule has 3 fully saturated rings. The van der Waals surface area contributed by atoms with E-state index in [4.69, 9.17) is 34.8 Å². The molecule has 2 aromatic carbocycles. The molecule has 0 aromatic heterocycles. The van der Waals surface area contributed by atoms with Gasteiger partial charge in [0, 0.05) is 53.5 Å².